The van der Waals surface area contributed by atoms with Gasteiger partial charge in [0.25, 0.3) is 0 Å². The second kappa shape index (κ2) is 3.77. The number of nitrogens with one attached hydrogen (secondary N) is 1. The Balaban J connectivity index is 2.02. The molecular formula is C11H15ClN2. The zero-order chi connectivity index (χ0) is 10.1. The lowest BCUT2D eigenvalue weighted by Crippen LogP contribution is -2.34. The highest BCUT2D eigenvalue weighted by Gasteiger charge is 2.25. The molecule has 76 valence electrons. The van der Waals surface area contributed by atoms with Gasteiger partial charge in [0, 0.05) is 6.04 Å². The molecule has 1 N–H and O–H groups in total. The maximum absolute atomic E-state index is 5.79. The highest BCUT2D eigenvalue weighted by Crippen LogP contribution is 2.30. The Kier molecular flexibility index (Phi) is 2.64. The number of aryl methyl sites for hydroxylation is 1. The largest absolute Gasteiger partial charge is 0.381 e. The molecule has 14 heavy (non-hydrogen) atoms. The van der Waals surface area contributed by atoms with Crippen LogP contribution in [0.25, 0.3) is 0 Å². The molecule has 0 aliphatic heterocycles. The number of anilines is 1. The normalized spacial score (nSPS) is 25.6. The van der Waals surface area contributed by atoms with Crippen molar-refractivity contribution in [1.82, 2.24) is 4.98 Å². The molecule has 1 aliphatic rings. The minimum absolute atomic E-state index is 0.565. The molecule has 0 aromatic carbocycles. The van der Waals surface area contributed by atoms with Crippen LogP contribution in [0.1, 0.15) is 25.5 Å². The summed E-state index contributed by atoms with van der Waals surface area (Å²) in [7, 11) is 0. The van der Waals surface area contributed by atoms with Crippen molar-refractivity contribution in [3.05, 3.63) is 23.0 Å². The predicted octanol–water partition coefficient (Wildman–Crippen LogP) is 3.25. The summed E-state index contributed by atoms with van der Waals surface area (Å²) >= 11 is 5.79. The first kappa shape index (κ1) is 9.78. The minimum Gasteiger partial charge on any atom is -0.381 e. The maximum Gasteiger partial charge on any atom is 0.129 e. The Morgan fingerprint density at radius 3 is 2.71 bits per heavy atom. The molecule has 1 aromatic heterocycles. The Hall–Kier alpha value is -0.760. The topological polar surface area (TPSA) is 24.9 Å². The summed E-state index contributed by atoms with van der Waals surface area (Å²) in [5.41, 5.74) is 2.10. The van der Waals surface area contributed by atoms with Crippen LogP contribution in [0, 0.1) is 12.8 Å². The average Bonchev–Trinajstić information content (AvgIpc) is 2.06. The Morgan fingerprint density at radius 2 is 2.14 bits per heavy atom. The summed E-state index contributed by atoms with van der Waals surface area (Å²) in [5.74, 6) is 0.869. The van der Waals surface area contributed by atoms with E-state index in [1.165, 1.54) is 12.8 Å². The number of aromatic nitrogens is 1. The molecule has 2 rings (SSSR count). The highest BCUT2D eigenvalue weighted by atomic mass is 35.5. The van der Waals surface area contributed by atoms with Gasteiger partial charge in [0.1, 0.15) is 5.15 Å². The van der Waals surface area contributed by atoms with Crippen molar-refractivity contribution in [1.29, 1.82) is 0 Å². The van der Waals surface area contributed by atoms with Gasteiger partial charge in [-0.15, -0.1) is 0 Å². The number of hydrogen-bond donors (Lipinski definition) is 1. The monoisotopic (exact) mass is 210 g/mol. The van der Waals surface area contributed by atoms with Gasteiger partial charge in [-0.3, -0.25) is 0 Å². The van der Waals surface area contributed by atoms with Crippen LogP contribution >= 0.6 is 11.6 Å². The molecule has 0 unspecified atom stereocenters. The van der Waals surface area contributed by atoms with Crippen molar-refractivity contribution in [3.8, 4) is 0 Å². The zero-order valence-electron chi connectivity index (χ0n) is 8.55. The average molecular weight is 211 g/mol. The quantitative estimate of drug-likeness (QED) is 0.758. The molecule has 1 fully saturated rings. The zero-order valence-corrected chi connectivity index (χ0v) is 9.30. The van der Waals surface area contributed by atoms with Crippen LogP contribution in [0.2, 0.25) is 5.15 Å². The molecule has 0 radical (unpaired) electrons. The SMILES string of the molecule is Cc1nc(Cl)ccc1NC1CC(C)C1. The number of halogens is 1. The van der Waals surface area contributed by atoms with E-state index >= 15 is 0 Å². The maximum atomic E-state index is 5.79. The van der Waals surface area contributed by atoms with E-state index < -0.39 is 0 Å². The molecule has 2 nitrogen and oxygen atoms in total. The van der Waals surface area contributed by atoms with Crippen molar-refractivity contribution >= 4 is 17.3 Å². The first-order valence-corrected chi connectivity index (χ1v) is 5.42. The van der Waals surface area contributed by atoms with E-state index in [-0.39, 0.29) is 0 Å². The van der Waals surface area contributed by atoms with Gasteiger partial charge in [-0.05, 0) is 37.8 Å². The second-order valence-electron chi connectivity index (χ2n) is 4.18. The second-order valence-corrected chi connectivity index (χ2v) is 4.57. The van der Waals surface area contributed by atoms with E-state index in [4.69, 9.17) is 11.6 Å². The van der Waals surface area contributed by atoms with Crippen molar-refractivity contribution in [3.63, 3.8) is 0 Å². The number of nitrogens with zero attached hydrogens (tertiary/aromatic N) is 1. The fraction of sp³-hybridized carbons (Fsp3) is 0.545. The molecule has 1 aliphatic carbocycles. The molecule has 1 heterocycles. The van der Waals surface area contributed by atoms with Gasteiger partial charge in [0.15, 0.2) is 0 Å². The Labute approximate surface area is 89.7 Å². The molecule has 3 heteroatoms. The van der Waals surface area contributed by atoms with E-state index in [1.807, 2.05) is 19.1 Å². The first-order chi connectivity index (χ1) is 6.65. The van der Waals surface area contributed by atoms with Gasteiger partial charge in [-0.2, -0.15) is 0 Å². The van der Waals surface area contributed by atoms with Crippen LogP contribution in [-0.4, -0.2) is 11.0 Å². The molecule has 0 amide bonds. The molecule has 0 spiro atoms. The van der Waals surface area contributed by atoms with Crippen LogP contribution in [0.15, 0.2) is 12.1 Å². The smallest absolute Gasteiger partial charge is 0.129 e. The van der Waals surface area contributed by atoms with Crippen LogP contribution in [0.3, 0.4) is 0 Å². The van der Waals surface area contributed by atoms with Crippen molar-refractivity contribution in [2.75, 3.05) is 5.32 Å². The molecule has 1 aromatic rings. The van der Waals surface area contributed by atoms with E-state index in [0.29, 0.717) is 11.2 Å². The van der Waals surface area contributed by atoms with Crippen LogP contribution < -0.4 is 5.32 Å². The molecule has 0 saturated heterocycles. The van der Waals surface area contributed by atoms with E-state index in [2.05, 4.69) is 17.2 Å². The van der Waals surface area contributed by atoms with Crippen molar-refractivity contribution in [2.24, 2.45) is 5.92 Å². The van der Waals surface area contributed by atoms with Gasteiger partial charge in [0.2, 0.25) is 0 Å². The third-order valence-electron chi connectivity index (χ3n) is 2.79. The van der Waals surface area contributed by atoms with Gasteiger partial charge in [-0.25, -0.2) is 4.98 Å². The number of hydrogen-bond acceptors (Lipinski definition) is 2. The summed E-state index contributed by atoms with van der Waals surface area (Å²) in [6.07, 6.45) is 2.53. The molecule has 0 bridgehead atoms. The lowest BCUT2D eigenvalue weighted by atomic mass is 9.82. The Bertz CT molecular complexity index is 332. The van der Waals surface area contributed by atoms with Crippen LogP contribution in [0.5, 0.6) is 0 Å². The minimum atomic E-state index is 0.565. The van der Waals surface area contributed by atoms with Crippen LogP contribution in [-0.2, 0) is 0 Å². The molecule has 1 saturated carbocycles. The fourth-order valence-electron chi connectivity index (χ4n) is 1.92. The third kappa shape index (κ3) is 2.01. The summed E-state index contributed by atoms with van der Waals surface area (Å²) in [6, 6.07) is 4.47. The fourth-order valence-corrected chi connectivity index (χ4v) is 2.11. The summed E-state index contributed by atoms with van der Waals surface area (Å²) in [5, 5.41) is 4.05. The standard InChI is InChI=1S/C11H15ClN2/c1-7-5-9(6-7)14-10-3-4-11(12)13-8(10)2/h3-4,7,9,14H,5-6H2,1-2H3. The lowest BCUT2D eigenvalue weighted by molar-refractivity contribution is 0.309. The van der Waals surface area contributed by atoms with Gasteiger partial charge < -0.3 is 5.32 Å². The summed E-state index contributed by atoms with van der Waals surface area (Å²) in [4.78, 5) is 4.21. The van der Waals surface area contributed by atoms with E-state index in [1.54, 1.807) is 0 Å². The highest BCUT2D eigenvalue weighted by molar-refractivity contribution is 6.29. The summed E-state index contributed by atoms with van der Waals surface area (Å²) < 4.78 is 0. The number of pyridine rings is 1. The van der Waals surface area contributed by atoms with Gasteiger partial charge >= 0.3 is 0 Å². The van der Waals surface area contributed by atoms with Crippen molar-refractivity contribution in [2.45, 2.75) is 32.7 Å². The lowest BCUT2D eigenvalue weighted by Gasteiger charge is -2.34. The first-order valence-electron chi connectivity index (χ1n) is 5.05. The summed E-state index contributed by atoms with van der Waals surface area (Å²) in [6.45, 7) is 4.27. The van der Waals surface area contributed by atoms with Crippen molar-refractivity contribution < 1.29 is 0 Å². The van der Waals surface area contributed by atoms with E-state index in [9.17, 15) is 0 Å². The van der Waals surface area contributed by atoms with Crippen LogP contribution in [0.4, 0.5) is 5.69 Å². The molecular weight excluding hydrogens is 196 g/mol. The van der Waals surface area contributed by atoms with Gasteiger partial charge in [-0.1, -0.05) is 18.5 Å². The third-order valence-corrected chi connectivity index (χ3v) is 3.00. The van der Waals surface area contributed by atoms with Gasteiger partial charge in [0.05, 0.1) is 11.4 Å². The predicted molar refractivity (Wildman–Crippen MR) is 59.8 cm³/mol. The molecule has 0 atom stereocenters. The Morgan fingerprint density at radius 1 is 1.43 bits per heavy atom. The van der Waals surface area contributed by atoms with E-state index in [0.717, 1.165) is 17.3 Å². The number of rotatable bonds is 2.